The molecule has 0 spiro atoms. The summed E-state index contributed by atoms with van der Waals surface area (Å²) in [5, 5.41) is 16.1. The lowest BCUT2D eigenvalue weighted by Gasteiger charge is -2.10. The zero-order valence-corrected chi connectivity index (χ0v) is 11.8. The molecule has 2 rings (SSSR count). The summed E-state index contributed by atoms with van der Waals surface area (Å²) in [5.74, 6) is 5.15. The average Bonchev–Trinajstić information content (AvgIpc) is 3.07. The lowest BCUT2D eigenvalue weighted by Crippen LogP contribution is -2.26. The Morgan fingerprint density at radius 3 is 3.05 bits per heavy atom. The van der Waals surface area contributed by atoms with Gasteiger partial charge in [0.15, 0.2) is 0 Å². The number of rotatable bonds is 3. The van der Waals surface area contributed by atoms with Gasteiger partial charge in [-0.05, 0) is 18.4 Å². The molecule has 0 aliphatic carbocycles. The number of carbonyl (C=O) groups is 1. The number of nitrogens with one attached hydrogen (secondary N) is 1. The molecule has 0 aliphatic rings. The Labute approximate surface area is 119 Å². The van der Waals surface area contributed by atoms with Crippen molar-refractivity contribution in [3.63, 3.8) is 0 Å². The molecule has 0 saturated carbocycles. The first kappa shape index (κ1) is 13.7. The molecule has 1 atom stereocenters. The molecule has 2 aromatic heterocycles. The summed E-state index contributed by atoms with van der Waals surface area (Å²) in [7, 11) is 0. The van der Waals surface area contributed by atoms with Gasteiger partial charge in [-0.1, -0.05) is 11.8 Å². The Balaban J connectivity index is 2.10. The number of carbonyl (C=O) groups excluding carboxylic acids is 1. The van der Waals surface area contributed by atoms with E-state index in [-0.39, 0.29) is 18.6 Å². The number of thiophene rings is 1. The van der Waals surface area contributed by atoms with Crippen molar-refractivity contribution in [1.29, 1.82) is 0 Å². The van der Waals surface area contributed by atoms with Crippen LogP contribution in [0.25, 0.3) is 0 Å². The summed E-state index contributed by atoms with van der Waals surface area (Å²) in [6.45, 7) is 1.68. The maximum absolute atomic E-state index is 12.1. The first-order valence-corrected chi connectivity index (χ1v) is 7.35. The lowest BCUT2D eigenvalue weighted by atomic mass is 10.2. The first-order chi connectivity index (χ1) is 9.22. The first-order valence-electron chi connectivity index (χ1n) is 5.60. The molecule has 1 unspecified atom stereocenters. The largest absolute Gasteiger partial charge is 0.384 e. The van der Waals surface area contributed by atoms with Gasteiger partial charge in [-0.25, -0.2) is 4.98 Å². The van der Waals surface area contributed by atoms with Crippen LogP contribution < -0.4 is 5.32 Å². The van der Waals surface area contributed by atoms with Crippen LogP contribution in [0.4, 0.5) is 0 Å². The maximum Gasteiger partial charge on any atom is 0.263 e. The third-order valence-corrected chi connectivity index (χ3v) is 4.21. The summed E-state index contributed by atoms with van der Waals surface area (Å²) in [5.41, 5.74) is 0.642. The zero-order chi connectivity index (χ0) is 13.7. The van der Waals surface area contributed by atoms with Crippen LogP contribution in [0, 0.1) is 11.8 Å². The third kappa shape index (κ3) is 3.41. The van der Waals surface area contributed by atoms with E-state index in [1.165, 1.54) is 22.7 Å². The molecular formula is C13H12N2O2S2. The fourth-order valence-corrected chi connectivity index (χ4v) is 2.89. The number of thiazole rings is 1. The monoisotopic (exact) mass is 292 g/mol. The topological polar surface area (TPSA) is 62.2 Å². The highest BCUT2D eigenvalue weighted by molar-refractivity contribution is 7.12. The molecule has 98 valence electrons. The standard InChI is InChI=1S/C13H12N2O2S2/c1-9(13-14-5-8-19-13)15-12(17)11-10(3-2-6-16)4-7-18-11/h4-5,7-9,16H,6H2,1H3,(H,15,17). The molecule has 1 amide bonds. The normalized spacial score (nSPS) is 11.5. The summed E-state index contributed by atoms with van der Waals surface area (Å²) >= 11 is 2.84. The van der Waals surface area contributed by atoms with Gasteiger partial charge in [-0.2, -0.15) is 0 Å². The molecule has 0 aromatic carbocycles. The van der Waals surface area contributed by atoms with Crippen molar-refractivity contribution in [3.8, 4) is 11.8 Å². The molecule has 2 aromatic rings. The van der Waals surface area contributed by atoms with E-state index in [1.807, 2.05) is 17.7 Å². The number of aliphatic hydroxyl groups is 1. The molecule has 19 heavy (non-hydrogen) atoms. The molecule has 4 nitrogen and oxygen atoms in total. The van der Waals surface area contributed by atoms with Crippen molar-refractivity contribution in [3.05, 3.63) is 38.5 Å². The fourth-order valence-electron chi connectivity index (χ4n) is 1.49. The summed E-state index contributed by atoms with van der Waals surface area (Å²) in [6.07, 6.45) is 1.71. The van der Waals surface area contributed by atoms with Gasteiger partial charge in [0.05, 0.1) is 6.04 Å². The Kier molecular flexibility index (Phi) is 4.68. The van der Waals surface area contributed by atoms with Crippen LogP contribution in [-0.4, -0.2) is 22.6 Å². The van der Waals surface area contributed by atoms with Crippen LogP contribution in [0.2, 0.25) is 0 Å². The smallest absolute Gasteiger partial charge is 0.263 e. The van der Waals surface area contributed by atoms with E-state index >= 15 is 0 Å². The van der Waals surface area contributed by atoms with Crippen LogP contribution in [0.15, 0.2) is 23.0 Å². The van der Waals surface area contributed by atoms with Gasteiger partial charge in [0.25, 0.3) is 5.91 Å². The van der Waals surface area contributed by atoms with E-state index in [0.29, 0.717) is 10.4 Å². The highest BCUT2D eigenvalue weighted by Gasteiger charge is 2.16. The van der Waals surface area contributed by atoms with Gasteiger partial charge in [-0.15, -0.1) is 22.7 Å². The number of hydrogen-bond donors (Lipinski definition) is 2. The number of nitrogens with zero attached hydrogens (tertiary/aromatic N) is 1. The second kappa shape index (κ2) is 6.48. The predicted octanol–water partition coefficient (Wildman–Crippen LogP) is 2.04. The molecule has 0 radical (unpaired) electrons. The van der Waals surface area contributed by atoms with Crippen LogP contribution >= 0.6 is 22.7 Å². The van der Waals surface area contributed by atoms with Gasteiger partial charge in [-0.3, -0.25) is 4.79 Å². The van der Waals surface area contributed by atoms with Gasteiger partial charge in [0.1, 0.15) is 16.5 Å². The van der Waals surface area contributed by atoms with Crippen LogP contribution in [0.5, 0.6) is 0 Å². The molecule has 0 fully saturated rings. The van der Waals surface area contributed by atoms with E-state index in [1.54, 1.807) is 12.3 Å². The SMILES string of the molecule is CC(NC(=O)c1sccc1C#CCO)c1nccs1. The Bertz CT molecular complexity index is 608. The highest BCUT2D eigenvalue weighted by atomic mass is 32.1. The molecule has 2 N–H and O–H groups in total. The predicted molar refractivity (Wildman–Crippen MR) is 76.3 cm³/mol. The van der Waals surface area contributed by atoms with Crippen molar-refractivity contribution in [2.45, 2.75) is 13.0 Å². The number of hydrogen-bond acceptors (Lipinski definition) is 5. The molecule has 0 aliphatic heterocycles. The van der Waals surface area contributed by atoms with Crippen LogP contribution in [0.1, 0.15) is 33.2 Å². The second-order valence-corrected chi connectivity index (χ2v) is 5.53. The maximum atomic E-state index is 12.1. The Morgan fingerprint density at radius 1 is 1.53 bits per heavy atom. The van der Waals surface area contributed by atoms with E-state index in [4.69, 9.17) is 5.11 Å². The fraction of sp³-hybridized carbons (Fsp3) is 0.231. The molecule has 2 heterocycles. The van der Waals surface area contributed by atoms with Crippen molar-refractivity contribution in [2.24, 2.45) is 0 Å². The van der Waals surface area contributed by atoms with Gasteiger partial charge in [0.2, 0.25) is 0 Å². The van der Waals surface area contributed by atoms with Crippen molar-refractivity contribution < 1.29 is 9.90 Å². The summed E-state index contributed by atoms with van der Waals surface area (Å²) in [6, 6.07) is 1.64. The van der Waals surface area contributed by atoms with E-state index in [9.17, 15) is 4.79 Å². The van der Waals surface area contributed by atoms with E-state index in [2.05, 4.69) is 22.1 Å². The number of aromatic nitrogens is 1. The molecule has 0 saturated heterocycles. The molecular weight excluding hydrogens is 280 g/mol. The van der Waals surface area contributed by atoms with Gasteiger partial charge in [0, 0.05) is 17.1 Å². The van der Waals surface area contributed by atoms with Crippen molar-refractivity contribution >= 4 is 28.6 Å². The van der Waals surface area contributed by atoms with Crippen molar-refractivity contribution in [2.75, 3.05) is 6.61 Å². The molecule has 0 bridgehead atoms. The van der Waals surface area contributed by atoms with Crippen LogP contribution in [0.3, 0.4) is 0 Å². The Hall–Kier alpha value is -1.68. The summed E-state index contributed by atoms with van der Waals surface area (Å²) < 4.78 is 0. The van der Waals surface area contributed by atoms with Gasteiger partial charge < -0.3 is 10.4 Å². The number of amides is 1. The number of aliphatic hydroxyl groups excluding tert-OH is 1. The van der Waals surface area contributed by atoms with E-state index < -0.39 is 0 Å². The van der Waals surface area contributed by atoms with Crippen LogP contribution in [-0.2, 0) is 0 Å². The third-order valence-electron chi connectivity index (χ3n) is 2.34. The van der Waals surface area contributed by atoms with E-state index in [0.717, 1.165) is 5.01 Å². The van der Waals surface area contributed by atoms with Gasteiger partial charge >= 0.3 is 0 Å². The lowest BCUT2D eigenvalue weighted by molar-refractivity contribution is 0.0943. The minimum Gasteiger partial charge on any atom is -0.384 e. The zero-order valence-electron chi connectivity index (χ0n) is 10.2. The summed E-state index contributed by atoms with van der Waals surface area (Å²) in [4.78, 5) is 16.9. The quantitative estimate of drug-likeness (QED) is 0.851. The molecule has 6 heteroatoms. The second-order valence-electron chi connectivity index (χ2n) is 3.69. The average molecular weight is 292 g/mol. The highest BCUT2D eigenvalue weighted by Crippen LogP contribution is 2.19. The van der Waals surface area contributed by atoms with Crippen molar-refractivity contribution in [1.82, 2.24) is 10.3 Å². The minimum atomic E-state index is -0.216. The Morgan fingerprint density at radius 2 is 2.37 bits per heavy atom. The minimum absolute atomic E-state index is 0.131.